The van der Waals surface area contributed by atoms with Crippen LogP contribution in [0.4, 0.5) is 17.6 Å². The molecule has 238 valence electrons. The van der Waals surface area contributed by atoms with Crippen LogP contribution in [-0.4, -0.2) is 29.5 Å². The molecule has 0 spiro atoms. The van der Waals surface area contributed by atoms with Crippen LogP contribution in [0.15, 0.2) is 122 Å². The smallest absolute Gasteiger partial charge is 0.237 e. The second-order valence-corrected chi connectivity index (χ2v) is 10.9. The van der Waals surface area contributed by atoms with Gasteiger partial charge in [-0.25, -0.2) is 32.5 Å². The zero-order valence-corrected chi connectivity index (χ0v) is 25.1. The van der Waals surface area contributed by atoms with Gasteiger partial charge >= 0.3 is 0 Å². The Balaban J connectivity index is 1.17. The maximum Gasteiger partial charge on any atom is 0.237 e. The molecule has 0 aliphatic carbocycles. The van der Waals surface area contributed by atoms with E-state index >= 15 is 0 Å². The lowest BCUT2D eigenvalue weighted by Crippen LogP contribution is -2.01. The molecule has 0 saturated carbocycles. The Labute approximate surface area is 274 Å². The molecule has 8 rings (SSSR count). The summed E-state index contributed by atoms with van der Waals surface area (Å²) in [6.07, 6.45) is 4.70. The zero-order chi connectivity index (χ0) is 33.5. The van der Waals surface area contributed by atoms with Crippen molar-refractivity contribution in [3.8, 4) is 51.5 Å². The Morgan fingerprint density at radius 1 is 0.490 bits per heavy atom. The standard InChI is InChI=1S/C37H20F4N6O2/c38-23-13-31(40)35(43-17-23)21-3-1-5-25(11-21)48-27-7-9-29-30-10-8-28(16-34(30)47(33(29)15-27)37-45-19-42-20-46-37)49-26-6-2-4-22(12-26)36-32(41)14-24(39)18-44-36/h1-20H. The van der Waals surface area contributed by atoms with E-state index in [9.17, 15) is 17.6 Å². The first-order valence-electron chi connectivity index (χ1n) is 14.8. The van der Waals surface area contributed by atoms with E-state index < -0.39 is 23.3 Å². The highest BCUT2D eigenvalue weighted by atomic mass is 19.1. The number of halogens is 4. The Morgan fingerprint density at radius 3 is 1.43 bits per heavy atom. The number of rotatable bonds is 7. The van der Waals surface area contributed by atoms with Gasteiger partial charge in [0.2, 0.25) is 5.95 Å². The van der Waals surface area contributed by atoms with Crippen LogP contribution >= 0.6 is 0 Å². The molecule has 49 heavy (non-hydrogen) atoms. The lowest BCUT2D eigenvalue weighted by molar-refractivity contribution is 0.483. The third kappa shape index (κ3) is 5.76. The summed E-state index contributed by atoms with van der Waals surface area (Å²) >= 11 is 0. The van der Waals surface area contributed by atoms with Crippen molar-refractivity contribution in [2.24, 2.45) is 0 Å². The van der Waals surface area contributed by atoms with E-state index in [1.807, 2.05) is 28.8 Å². The van der Waals surface area contributed by atoms with Crippen molar-refractivity contribution in [3.05, 3.63) is 145 Å². The summed E-state index contributed by atoms with van der Waals surface area (Å²) in [5, 5.41) is 1.75. The minimum absolute atomic E-state index is 0.00120. The maximum atomic E-state index is 14.4. The lowest BCUT2D eigenvalue weighted by atomic mass is 10.1. The summed E-state index contributed by atoms with van der Waals surface area (Å²) in [6.45, 7) is 0. The number of ether oxygens (including phenoxy) is 2. The fourth-order valence-electron chi connectivity index (χ4n) is 5.61. The van der Waals surface area contributed by atoms with E-state index in [1.54, 1.807) is 60.7 Å². The van der Waals surface area contributed by atoms with Crippen LogP contribution in [0.2, 0.25) is 0 Å². The highest BCUT2D eigenvalue weighted by Crippen LogP contribution is 2.38. The largest absolute Gasteiger partial charge is 0.457 e. The van der Waals surface area contributed by atoms with Crippen LogP contribution in [0.5, 0.6) is 23.0 Å². The average Bonchev–Trinajstić information content (AvgIpc) is 3.41. The van der Waals surface area contributed by atoms with Crippen molar-refractivity contribution in [3.63, 3.8) is 0 Å². The Kier molecular flexibility index (Phi) is 7.37. The van der Waals surface area contributed by atoms with Gasteiger partial charge in [-0.3, -0.25) is 14.5 Å². The number of pyridine rings is 2. The van der Waals surface area contributed by atoms with Gasteiger partial charge in [0.1, 0.15) is 58.7 Å². The van der Waals surface area contributed by atoms with Gasteiger partial charge in [-0.05, 0) is 48.5 Å². The Hall–Kier alpha value is -6.69. The molecule has 4 aromatic carbocycles. The SMILES string of the molecule is Fc1cnc(-c2cccc(Oc3ccc4c5ccc(Oc6cccc(-c7ncc(F)cc7F)c6)cc5n(-c5ncncn5)c4c3)c2)c(F)c1. The molecule has 0 amide bonds. The number of nitrogens with zero attached hydrogens (tertiary/aromatic N) is 6. The van der Waals surface area contributed by atoms with Crippen molar-refractivity contribution in [1.29, 1.82) is 0 Å². The molecular weight excluding hydrogens is 636 g/mol. The van der Waals surface area contributed by atoms with Crippen molar-refractivity contribution in [2.45, 2.75) is 0 Å². The van der Waals surface area contributed by atoms with E-state index in [2.05, 4.69) is 24.9 Å². The van der Waals surface area contributed by atoms with Gasteiger partial charge in [0.05, 0.1) is 23.4 Å². The molecule has 0 N–H and O–H groups in total. The normalized spacial score (nSPS) is 11.3. The van der Waals surface area contributed by atoms with Crippen molar-refractivity contribution < 1.29 is 27.0 Å². The van der Waals surface area contributed by atoms with Crippen molar-refractivity contribution in [1.82, 2.24) is 29.5 Å². The summed E-state index contributed by atoms with van der Waals surface area (Å²) < 4.78 is 70.0. The fraction of sp³-hybridized carbons (Fsp3) is 0. The number of hydrogen-bond acceptors (Lipinski definition) is 7. The van der Waals surface area contributed by atoms with Gasteiger partial charge in [-0.15, -0.1) is 0 Å². The molecule has 0 unspecified atom stereocenters. The molecule has 4 heterocycles. The summed E-state index contributed by atoms with van der Waals surface area (Å²) in [6, 6.07) is 26.0. The van der Waals surface area contributed by atoms with Gasteiger partial charge in [0, 0.05) is 46.2 Å². The molecule has 8 aromatic rings. The summed E-state index contributed by atoms with van der Waals surface area (Å²) in [7, 11) is 0. The first kappa shape index (κ1) is 29.7. The first-order valence-corrected chi connectivity index (χ1v) is 14.8. The summed E-state index contributed by atoms with van der Waals surface area (Å²) in [4.78, 5) is 20.5. The molecule has 0 fully saturated rings. The second-order valence-electron chi connectivity index (χ2n) is 10.9. The summed E-state index contributed by atoms with van der Waals surface area (Å²) in [5.41, 5.74) is 2.29. The van der Waals surface area contributed by atoms with E-state index in [4.69, 9.17) is 9.47 Å². The van der Waals surface area contributed by atoms with E-state index in [0.29, 0.717) is 40.1 Å². The first-order chi connectivity index (χ1) is 23.9. The van der Waals surface area contributed by atoms with Crippen LogP contribution in [0.25, 0.3) is 50.3 Å². The molecule has 8 nitrogen and oxygen atoms in total. The molecule has 0 radical (unpaired) electrons. The maximum absolute atomic E-state index is 14.4. The molecule has 4 aromatic heterocycles. The zero-order valence-electron chi connectivity index (χ0n) is 25.1. The average molecular weight is 657 g/mol. The lowest BCUT2D eigenvalue weighted by Gasteiger charge is -2.10. The summed E-state index contributed by atoms with van der Waals surface area (Å²) in [5.74, 6) is -0.957. The topological polar surface area (TPSA) is 87.8 Å². The van der Waals surface area contributed by atoms with Gasteiger partial charge < -0.3 is 9.47 Å². The minimum Gasteiger partial charge on any atom is -0.457 e. The van der Waals surface area contributed by atoms with E-state index in [-0.39, 0.29) is 11.4 Å². The number of aromatic nitrogens is 6. The van der Waals surface area contributed by atoms with Crippen LogP contribution in [0, 0.1) is 23.3 Å². The highest BCUT2D eigenvalue weighted by Gasteiger charge is 2.17. The van der Waals surface area contributed by atoms with Gasteiger partial charge in [0.15, 0.2) is 11.6 Å². The van der Waals surface area contributed by atoms with Crippen LogP contribution in [0.1, 0.15) is 0 Å². The number of fused-ring (bicyclic) bond motifs is 3. The van der Waals surface area contributed by atoms with Gasteiger partial charge in [-0.1, -0.05) is 24.3 Å². The molecule has 0 aliphatic heterocycles. The van der Waals surface area contributed by atoms with Gasteiger partial charge in [0.25, 0.3) is 0 Å². The Morgan fingerprint density at radius 2 is 0.959 bits per heavy atom. The highest BCUT2D eigenvalue weighted by molar-refractivity contribution is 6.09. The van der Waals surface area contributed by atoms with Crippen LogP contribution < -0.4 is 9.47 Å². The number of hydrogen-bond donors (Lipinski definition) is 0. The van der Waals surface area contributed by atoms with Gasteiger partial charge in [-0.2, -0.15) is 0 Å². The van der Waals surface area contributed by atoms with Crippen LogP contribution in [0.3, 0.4) is 0 Å². The van der Waals surface area contributed by atoms with E-state index in [1.165, 1.54) is 12.7 Å². The quantitative estimate of drug-likeness (QED) is 0.158. The number of benzene rings is 4. The van der Waals surface area contributed by atoms with Crippen molar-refractivity contribution >= 4 is 21.8 Å². The molecule has 0 atom stereocenters. The fourth-order valence-corrected chi connectivity index (χ4v) is 5.61. The minimum atomic E-state index is -0.782. The predicted molar refractivity (Wildman–Crippen MR) is 173 cm³/mol. The molecule has 0 aliphatic rings. The second kappa shape index (κ2) is 12.2. The molecule has 0 bridgehead atoms. The van der Waals surface area contributed by atoms with Crippen LogP contribution in [-0.2, 0) is 0 Å². The molecule has 0 saturated heterocycles. The molecular formula is C37H20F4N6O2. The van der Waals surface area contributed by atoms with Crippen molar-refractivity contribution in [2.75, 3.05) is 0 Å². The predicted octanol–water partition coefficient (Wildman–Crippen LogP) is 9.23. The third-order valence-corrected chi connectivity index (χ3v) is 7.69. The Bertz CT molecular complexity index is 2370. The third-order valence-electron chi connectivity index (χ3n) is 7.69. The monoisotopic (exact) mass is 656 g/mol. The van der Waals surface area contributed by atoms with E-state index in [0.717, 1.165) is 46.3 Å². The molecule has 12 heteroatoms.